The van der Waals surface area contributed by atoms with Crippen LogP contribution in [-0.2, 0) is 24.5 Å². The van der Waals surface area contributed by atoms with Gasteiger partial charge in [-0.25, -0.2) is 9.78 Å². The molecule has 3 aromatic rings. The van der Waals surface area contributed by atoms with E-state index in [0.29, 0.717) is 28.3 Å². The molecule has 3 aromatic heterocycles. The van der Waals surface area contributed by atoms with Crippen molar-refractivity contribution in [3.63, 3.8) is 0 Å². The fourth-order valence-electron chi connectivity index (χ4n) is 2.06. The second-order valence-electron chi connectivity index (χ2n) is 6.18. The third-order valence-electron chi connectivity index (χ3n) is 3.10. The largest absolute Gasteiger partial charge is 4.00 e. The van der Waals surface area contributed by atoms with E-state index in [4.69, 9.17) is 20.5 Å². The van der Waals surface area contributed by atoms with Gasteiger partial charge < -0.3 is 4.74 Å². The number of halogens is 6. The van der Waals surface area contributed by atoms with Gasteiger partial charge >= 0.3 is 58.7 Å². The summed E-state index contributed by atoms with van der Waals surface area (Å²) < 4.78 is 64.0. The molecule has 0 saturated heterocycles. The molecule has 0 amide bonds. The van der Waals surface area contributed by atoms with Crippen molar-refractivity contribution in [2.75, 3.05) is 7.11 Å². The third kappa shape index (κ3) is 24.1. The average Bonchev–Trinajstić information content (AvgIpc) is 2.84. The first-order valence-electron chi connectivity index (χ1n) is 9.89. The van der Waals surface area contributed by atoms with Crippen molar-refractivity contribution in [1.82, 2.24) is 15.0 Å². The molecule has 0 spiro atoms. The van der Waals surface area contributed by atoms with Crippen LogP contribution in [0.1, 0.15) is 31.1 Å². The van der Waals surface area contributed by atoms with Crippen molar-refractivity contribution >= 4 is 13.8 Å². The van der Waals surface area contributed by atoms with Crippen molar-refractivity contribution in [1.29, 1.82) is 15.8 Å². The first-order chi connectivity index (χ1) is 17.5. The van der Waals surface area contributed by atoms with Crippen molar-refractivity contribution < 1.29 is 54.5 Å². The molecule has 0 N–H and O–H groups in total. The Labute approximate surface area is 234 Å². The van der Waals surface area contributed by atoms with Crippen LogP contribution in [0.25, 0.3) is 22.8 Å². The molecule has 0 aromatic carbocycles. The monoisotopic (exact) mass is 751 g/mol. The molecular formula is C23H22F6N6O2OsP+3. The van der Waals surface area contributed by atoms with Crippen LogP contribution in [0.5, 0.6) is 0 Å². The minimum absolute atomic E-state index is 0. The number of aromatic nitrogens is 3. The van der Waals surface area contributed by atoms with E-state index in [1.165, 1.54) is 27.9 Å². The Morgan fingerprint density at radius 1 is 0.744 bits per heavy atom. The number of nitriles is 3. The molecule has 0 unspecified atom stereocenters. The van der Waals surface area contributed by atoms with Gasteiger partial charge in [0.1, 0.15) is 0 Å². The van der Waals surface area contributed by atoms with Gasteiger partial charge in [0.25, 0.3) is 0 Å². The molecule has 8 nitrogen and oxygen atoms in total. The Morgan fingerprint density at radius 3 is 1.28 bits per heavy atom. The maximum absolute atomic E-state index is 11.9. The van der Waals surface area contributed by atoms with Gasteiger partial charge in [-0.1, -0.05) is 12.1 Å². The summed E-state index contributed by atoms with van der Waals surface area (Å²) in [7, 11) is -9.31. The van der Waals surface area contributed by atoms with Crippen LogP contribution in [0.2, 0.25) is 0 Å². The summed E-state index contributed by atoms with van der Waals surface area (Å²) in [6, 6.07) is 19.7. The minimum Gasteiger partial charge on any atom is 4.00 e. The van der Waals surface area contributed by atoms with Gasteiger partial charge in [-0.15, -0.1) is 0 Å². The molecule has 39 heavy (non-hydrogen) atoms. The van der Waals surface area contributed by atoms with Crippen LogP contribution in [0.3, 0.4) is 0 Å². The Bertz CT molecular complexity index is 1180. The van der Waals surface area contributed by atoms with Crippen molar-refractivity contribution in [3.05, 3.63) is 66.5 Å². The molecule has 0 aliphatic carbocycles. The maximum Gasteiger partial charge on any atom is 4.00 e. The number of carbonyl (C=O) groups is 1. The van der Waals surface area contributed by atoms with Crippen LogP contribution in [0.15, 0.2) is 60.9 Å². The number of pyridine rings is 3. The van der Waals surface area contributed by atoms with E-state index < -0.39 is 13.8 Å². The zero-order chi connectivity index (χ0) is 29.9. The molecule has 0 radical (unpaired) electrons. The Hall–Kier alpha value is -3.96. The van der Waals surface area contributed by atoms with E-state index in [9.17, 15) is 30.0 Å². The van der Waals surface area contributed by atoms with Gasteiger partial charge in [-0.3, -0.25) is 9.97 Å². The van der Waals surface area contributed by atoms with Gasteiger partial charge in [-0.05, 0) is 36.4 Å². The molecule has 0 saturated carbocycles. The zero-order valence-electron chi connectivity index (χ0n) is 20.8. The Balaban J connectivity index is -0.000000636. The molecule has 16 heteroatoms. The quantitative estimate of drug-likeness (QED) is 0.150. The van der Waals surface area contributed by atoms with E-state index in [0.717, 1.165) is 0 Å². The van der Waals surface area contributed by atoms with Crippen molar-refractivity contribution in [2.45, 2.75) is 20.8 Å². The molecule has 0 aliphatic rings. The molecule has 3 rings (SSSR count). The van der Waals surface area contributed by atoms with Gasteiger partial charge in [0.05, 0.1) is 53.7 Å². The summed E-state index contributed by atoms with van der Waals surface area (Å²) >= 11 is 0. The second-order valence-corrected chi connectivity index (χ2v) is 8.09. The van der Waals surface area contributed by atoms with Crippen LogP contribution in [0.4, 0.5) is 25.2 Å². The molecule has 208 valence electrons. The normalized spacial score (nSPS) is 10.5. The molecule has 0 fully saturated rings. The summed E-state index contributed by atoms with van der Waals surface area (Å²) in [6.45, 7) is 4.29. The number of ether oxygens (including phenoxy) is 1. The fourth-order valence-corrected chi connectivity index (χ4v) is 2.06. The number of nitrogens with zero attached hydrogens (tertiary/aromatic N) is 6. The molecule has 0 bridgehead atoms. The van der Waals surface area contributed by atoms with Crippen LogP contribution >= 0.6 is 7.81 Å². The van der Waals surface area contributed by atoms with Crippen LogP contribution < -0.4 is 0 Å². The Kier molecular flexibility index (Phi) is 17.8. The average molecular weight is 750 g/mol. The topological polar surface area (TPSA) is 136 Å². The molecular weight excluding hydrogens is 727 g/mol. The van der Waals surface area contributed by atoms with E-state index in [1.54, 1.807) is 42.7 Å². The van der Waals surface area contributed by atoms with E-state index >= 15 is 0 Å². The van der Waals surface area contributed by atoms with Crippen molar-refractivity contribution in [3.8, 4) is 41.0 Å². The first-order valence-corrected chi connectivity index (χ1v) is 11.9. The zero-order valence-corrected chi connectivity index (χ0v) is 24.3. The smallest absolute Gasteiger partial charge is 4.00 e. The van der Waals surface area contributed by atoms with Gasteiger partial charge in [-0.2, -0.15) is 15.8 Å². The number of methoxy groups -OCH3 is 1. The second kappa shape index (κ2) is 17.5. The molecule has 0 aliphatic heterocycles. The van der Waals surface area contributed by atoms with Crippen LogP contribution in [0, 0.1) is 34.0 Å². The van der Waals surface area contributed by atoms with E-state index in [-0.39, 0.29) is 19.8 Å². The van der Waals surface area contributed by atoms with E-state index in [1.807, 2.05) is 36.4 Å². The Morgan fingerprint density at radius 2 is 1.05 bits per heavy atom. The fraction of sp³-hybridized carbons (Fsp3) is 0.174. The summed E-state index contributed by atoms with van der Waals surface area (Å²) in [6.07, 6.45) is 3.37. The van der Waals surface area contributed by atoms with Gasteiger partial charge in [0.2, 0.25) is 0 Å². The number of hydrogen-bond donors (Lipinski definition) is 0. The first kappa shape index (κ1) is 39.5. The summed E-state index contributed by atoms with van der Waals surface area (Å²) in [5.41, 5.74) is 2.99. The predicted octanol–water partition coefficient (Wildman–Crippen LogP) is 7.96. The summed E-state index contributed by atoms with van der Waals surface area (Å²) in [5, 5.41) is 22.0. The van der Waals surface area contributed by atoms with Gasteiger partial charge in [0.15, 0.2) is 0 Å². The summed E-state index contributed by atoms with van der Waals surface area (Å²) in [4.78, 5) is 25.0. The number of carbonyl (C=O) groups excluding carboxylic acids is 1. The van der Waals surface area contributed by atoms with E-state index in [2.05, 4.69) is 15.0 Å². The third-order valence-corrected chi connectivity index (χ3v) is 3.10. The number of esters is 1. The standard InChI is InChI=1S/C17H13N3O2.3C2H3N.F6P.Os/c1-22-17(21)12-10-15(13-6-2-4-8-18-13)20-16(11-12)14-7-3-5-9-19-14;3*1-2-3;1-7(2,3,4,5)6;/h2-11H,1H3;3*1H3;;/q;;;;-1;+4. The maximum atomic E-state index is 11.9. The molecule has 3 heterocycles. The van der Waals surface area contributed by atoms with Crippen molar-refractivity contribution in [2.24, 2.45) is 0 Å². The number of hydrogen-bond acceptors (Lipinski definition) is 8. The van der Waals surface area contributed by atoms with Crippen LogP contribution in [-0.4, -0.2) is 28.0 Å². The molecule has 0 atom stereocenters. The predicted molar refractivity (Wildman–Crippen MR) is 129 cm³/mol. The summed E-state index contributed by atoms with van der Waals surface area (Å²) in [5.74, 6) is -0.420. The minimum atomic E-state index is -10.7. The number of rotatable bonds is 3. The SMILES string of the molecule is CC#N.CC#N.CC#N.COC(=O)c1cc(-c2ccccn2)nc(-c2ccccn2)c1.F[P-](F)(F)(F)(F)F.[Os+4]. The van der Waals surface area contributed by atoms with Gasteiger partial charge in [0, 0.05) is 33.2 Å².